The van der Waals surface area contributed by atoms with Crippen LogP contribution in [0.1, 0.15) is 25.8 Å². The van der Waals surface area contributed by atoms with E-state index in [1.165, 1.54) is 12.1 Å². The number of nitrogens with zero attached hydrogens (tertiary/aromatic N) is 1. The number of hydrogen-bond acceptors (Lipinski definition) is 5. The monoisotopic (exact) mass is 413 g/mol. The van der Waals surface area contributed by atoms with Crippen molar-refractivity contribution in [2.75, 3.05) is 17.2 Å². The van der Waals surface area contributed by atoms with Crippen LogP contribution in [0.25, 0.3) is 0 Å². The van der Waals surface area contributed by atoms with Gasteiger partial charge in [0.1, 0.15) is 0 Å². The molecule has 1 heterocycles. The van der Waals surface area contributed by atoms with E-state index in [-0.39, 0.29) is 17.1 Å². The Morgan fingerprint density at radius 2 is 1.81 bits per heavy atom. The molecule has 0 radical (unpaired) electrons. The summed E-state index contributed by atoms with van der Waals surface area (Å²) in [5.41, 5.74) is 1.67. The first-order valence-electron chi connectivity index (χ1n) is 8.22. The molecule has 0 atom stereocenters. The lowest BCUT2D eigenvalue weighted by Gasteiger charge is -2.26. The first-order valence-corrected chi connectivity index (χ1v) is 11.3. The summed E-state index contributed by atoms with van der Waals surface area (Å²) >= 11 is 0. The third-order valence-corrected chi connectivity index (χ3v) is 6.10. The Hall–Kier alpha value is -1.94. The highest BCUT2D eigenvalue weighted by Crippen LogP contribution is 2.48. The van der Waals surface area contributed by atoms with Gasteiger partial charge >= 0.3 is 0 Å². The number of benzene rings is 1. The van der Waals surface area contributed by atoms with Crippen LogP contribution in [0, 0.1) is 0 Å². The number of fused-ring (bicyclic) bond motifs is 1. The normalized spacial score (nSPS) is 18.2. The molecular weight excluding hydrogens is 390 g/mol. The second-order valence-corrected chi connectivity index (χ2v) is 9.74. The third kappa shape index (κ3) is 4.86. The average molecular weight is 414 g/mol. The van der Waals surface area contributed by atoms with E-state index in [0.717, 1.165) is 11.4 Å². The predicted molar refractivity (Wildman–Crippen MR) is 105 cm³/mol. The SMILES string of the molecule is C=C/C=C/C=C1/N(CCCS(=O)(=O)O)c2ccc(S(=O)(=O)O)cc2C1(C)C. The number of allylic oxidation sites excluding steroid dienone is 5. The highest BCUT2D eigenvalue weighted by atomic mass is 32.2. The molecule has 0 spiro atoms. The molecule has 2 N–H and O–H groups in total. The molecular formula is C18H23NO6S2. The smallest absolute Gasteiger partial charge is 0.294 e. The van der Waals surface area contributed by atoms with E-state index in [1.54, 1.807) is 24.3 Å². The molecule has 9 heteroatoms. The van der Waals surface area contributed by atoms with Crippen LogP contribution in [0.2, 0.25) is 0 Å². The van der Waals surface area contributed by atoms with Gasteiger partial charge in [0.2, 0.25) is 0 Å². The van der Waals surface area contributed by atoms with E-state index in [9.17, 15) is 21.4 Å². The van der Waals surface area contributed by atoms with E-state index >= 15 is 0 Å². The highest BCUT2D eigenvalue weighted by molar-refractivity contribution is 7.86. The van der Waals surface area contributed by atoms with Crippen molar-refractivity contribution < 1.29 is 25.9 Å². The minimum atomic E-state index is -4.34. The van der Waals surface area contributed by atoms with Gasteiger partial charge in [0.25, 0.3) is 20.2 Å². The topological polar surface area (TPSA) is 112 Å². The van der Waals surface area contributed by atoms with Crippen molar-refractivity contribution in [3.05, 3.63) is 60.3 Å². The maximum atomic E-state index is 11.5. The summed E-state index contributed by atoms with van der Waals surface area (Å²) in [4.78, 5) is 1.69. The molecule has 2 rings (SSSR count). The zero-order valence-corrected chi connectivity index (χ0v) is 16.8. The van der Waals surface area contributed by atoms with Crippen molar-refractivity contribution in [3.63, 3.8) is 0 Å². The summed E-state index contributed by atoms with van der Waals surface area (Å²) in [7, 11) is -8.42. The third-order valence-electron chi connectivity index (χ3n) is 4.45. The molecule has 0 unspecified atom stereocenters. The van der Waals surface area contributed by atoms with E-state index in [1.807, 2.05) is 24.8 Å². The standard InChI is InChI=1S/C18H23NO6S2/c1-4-5-6-8-17-18(2,3)15-13-14(27(23,24)25)9-10-16(15)19(17)11-7-12-26(20,21)22/h4-6,8-10,13H,1,7,11-12H2,2-3H3,(H,20,21,22)(H,23,24,25)/b6-5+,17-8+. The Labute approximate surface area is 160 Å². The van der Waals surface area contributed by atoms with Crippen LogP contribution < -0.4 is 4.90 Å². The maximum absolute atomic E-state index is 11.5. The van der Waals surface area contributed by atoms with Gasteiger partial charge in [-0.05, 0) is 36.3 Å². The first-order chi connectivity index (χ1) is 12.4. The Kier molecular flexibility index (Phi) is 6.00. The molecule has 7 nitrogen and oxygen atoms in total. The summed E-state index contributed by atoms with van der Waals surface area (Å²) in [6.07, 6.45) is 7.19. The lowest BCUT2D eigenvalue weighted by molar-refractivity contribution is 0.479. The average Bonchev–Trinajstić information content (AvgIpc) is 2.74. The maximum Gasteiger partial charge on any atom is 0.294 e. The molecule has 1 aromatic carbocycles. The minimum absolute atomic E-state index is 0.191. The van der Waals surface area contributed by atoms with E-state index in [2.05, 4.69) is 6.58 Å². The van der Waals surface area contributed by atoms with E-state index in [0.29, 0.717) is 12.1 Å². The van der Waals surface area contributed by atoms with Crippen LogP contribution in [-0.4, -0.2) is 38.2 Å². The molecule has 0 amide bonds. The number of hydrogen-bond donors (Lipinski definition) is 2. The van der Waals surface area contributed by atoms with Gasteiger partial charge in [0.05, 0.1) is 10.6 Å². The van der Waals surface area contributed by atoms with E-state index in [4.69, 9.17) is 4.55 Å². The van der Waals surface area contributed by atoms with Crippen LogP contribution in [0.3, 0.4) is 0 Å². The Bertz CT molecular complexity index is 1000. The lowest BCUT2D eigenvalue weighted by atomic mass is 9.83. The van der Waals surface area contributed by atoms with Gasteiger partial charge in [-0.3, -0.25) is 9.11 Å². The molecule has 0 saturated carbocycles. The second kappa shape index (κ2) is 7.59. The molecule has 0 aromatic heterocycles. The molecule has 0 aliphatic carbocycles. The fourth-order valence-electron chi connectivity index (χ4n) is 3.19. The minimum Gasteiger partial charge on any atom is -0.344 e. The molecule has 0 bridgehead atoms. The molecule has 0 fully saturated rings. The quantitative estimate of drug-likeness (QED) is 0.522. The van der Waals surface area contributed by atoms with Gasteiger partial charge in [-0.25, -0.2) is 0 Å². The zero-order valence-electron chi connectivity index (χ0n) is 15.2. The van der Waals surface area contributed by atoms with Crippen molar-refractivity contribution in [3.8, 4) is 0 Å². The summed E-state index contributed by atoms with van der Waals surface area (Å²) in [6.45, 7) is 7.76. The molecule has 27 heavy (non-hydrogen) atoms. The fourth-order valence-corrected chi connectivity index (χ4v) is 4.19. The number of rotatable bonds is 7. The van der Waals surface area contributed by atoms with Crippen molar-refractivity contribution in [2.45, 2.75) is 30.6 Å². The summed E-state index contributed by atoms with van der Waals surface area (Å²) in [5.74, 6) is -0.377. The molecule has 0 saturated heterocycles. The van der Waals surface area contributed by atoms with Crippen molar-refractivity contribution in [1.82, 2.24) is 0 Å². The predicted octanol–water partition coefficient (Wildman–Crippen LogP) is 2.93. The van der Waals surface area contributed by atoms with Crippen LogP contribution in [-0.2, 0) is 25.7 Å². The lowest BCUT2D eigenvalue weighted by Crippen LogP contribution is -2.28. The summed E-state index contributed by atoms with van der Waals surface area (Å²) in [6, 6.07) is 4.33. The number of anilines is 1. The fraction of sp³-hybridized carbons (Fsp3) is 0.333. The Morgan fingerprint density at radius 1 is 1.15 bits per heavy atom. The Balaban J connectivity index is 2.53. The second-order valence-electron chi connectivity index (χ2n) is 6.74. The van der Waals surface area contributed by atoms with Gasteiger partial charge in [-0.2, -0.15) is 16.8 Å². The van der Waals surface area contributed by atoms with Crippen LogP contribution in [0.5, 0.6) is 0 Å². The van der Waals surface area contributed by atoms with Crippen LogP contribution in [0.4, 0.5) is 5.69 Å². The van der Waals surface area contributed by atoms with Gasteiger partial charge in [0.15, 0.2) is 0 Å². The van der Waals surface area contributed by atoms with E-state index < -0.39 is 25.7 Å². The van der Waals surface area contributed by atoms with Crippen LogP contribution >= 0.6 is 0 Å². The molecule has 1 aliphatic heterocycles. The van der Waals surface area contributed by atoms with Crippen molar-refractivity contribution in [1.29, 1.82) is 0 Å². The summed E-state index contributed by atoms with van der Waals surface area (Å²) < 4.78 is 63.4. The Morgan fingerprint density at radius 3 is 2.37 bits per heavy atom. The molecule has 148 valence electrons. The van der Waals surface area contributed by atoms with Gasteiger partial charge in [-0.15, -0.1) is 0 Å². The van der Waals surface area contributed by atoms with Gasteiger partial charge in [0, 0.05) is 23.3 Å². The summed E-state index contributed by atoms with van der Waals surface area (Å²) in [5, 5.41) is 0. The first kappa shape index (κ1) is 21.4. The van der Waals surface area contributed by atoms with Crippen molar-refractivity contribution in [2.24, 2.45) is 0 Å². The van der Waals surface area contributed by atoms with Gasteiger partial charge in [-0.1, -0.05) is 38.7 Å². The van der Waals surface area contributed by atoms with Crippen molar-refractivity contribution >= 4 is 25.9 Å². The molecule has 1 aliphatic rings. The van der Waals surface area contributed by atoms with Gasteiger partial charge < -0.3 is 4.90 Å². The largest absolute Gasteiger partial charge is 0.344 e. The highest BCUT2D eigenvalue weighted by Gasteiger charge is 2.40. The zero-order chi connectivity index (χ0) is 20.5. The van der Waals surface area contributed by atoms with Crippen LogP contribution in [0.15, 0.2) is 59.7 Å². The molecule has 1 aromatic rings.